The molecule has 0 unspecified atom stereocenters. The average Bonchev–Trinajstić information content (AvgIpc) is 2.67. The second-order valence-electron chi connectivity index (χ2n) is 9.36. The van der Waals surface area contributed by atoms with Crippen LogP contribution >= 0.6 is 0 Å². The Bertz CT molecular complexity index is 721. The van der Waals surface area contributed by atoms with Gasteiger partial charge in [0, 0.05) is 39.4 Å². The van der Waals surface area contributed by atoms with Gasteiger partial charge in [-0.05, 0) is 71.6 Å². The number of anilines is 1. The third-order valence-corrected chi connectivity index (χ3v) is 4.71. The molecule has 1 amide bonds. The van der Waals surface area contributed by atoms with Crippen molar-refractivity contribution < 1.29 is 9.53 Å². The van der Waals surface area contributed by atoms with Gasteiger partial charge in [-0.2, -0.15) is 0 Å². The fourth-order valence-corrected chi connectivity index (χ4v) is 3.20. The molecule has 1 aliphatic rings. The van der Waals surface area contributed by atoms with Gasteiger partial charge in [-0.25, -0.2) is 9.78 Å². The zero-order valence-corrected chi connectivity index (χ0v) is 19.3. The summed E-state index contributed by atoms with van der Waals surface area (Å²) in [4.78, 5) is 23.2. The first kappa shape index (κ1) is 23.8. The number of nitrogens with one attached hydrogen (secondary N) is 3. The third-order valence-electron chi connectivity index (χ3n) is 4.71. The molecule has 2 heterocycles. The Labute approximate surface area is 180 Å². The van der Waals surface area contributed by atoms with E-state index in [-0.39, 0.29) is 0 Å². The Morgan fingerprint density at radius 1 is 1.17 bits per heavy atom. The van der Waals surface area contributed by atoms with Crippen LogP contribution in [-0.4, -0.2) is 54.9 Å². The van der Waals surface area contributed by atoms with Crippen molar-refractivity contribution in [2.24, 2.45) is 4.99 Å². The van der Waals surface area contributed by atoms with Crippen LogP contribution in [0.4, 0.5) is 10.6 Å². The predicted octanol–water partition coefficient (Wildman–Crippen LogP) is 3.04. The average molecular weight is 419 g/mol. The van der Waals surface area contributed by atoms with Crippen molar-refractivity contribution in [3.8, 4) is 0 Å². The maximum absolute atomic E-state index is 12.0. The van der Waals surface area contributed by atoms with Gasteiger partial charge < -0.3 is 25.6 Å². The van der Waals surface area contributed by atoms with E-state index in [9.17, 15) is 4.79 Å². The van der Waals surface area contributed by atoms with Crippen LogP contribution in [0.3, 0.4) is 0 Å². The fraction of sp³-hybridized carbons (Fsp3) is 0.682. The molecule has 0 aliphatic carbocycles. The van der Waals surface area contributed by atoms with Gasteiger partial charge in [0.25, 0.3) is 0 Å². The number of pyridine rings is 1. The minimum atomic E-state index is -0.525. The molecule has 8 heteroatoms. The molecular weight excluding hydrogens is 380 g/mol. The molecule has 1 aromatic heterocycles. The number of hydrogen-bond acceptors (Lipinski definition) is 5. The first-order valence-electron chi connectivity index (χ1n) is 10.7. The molecule has 8 nitrogen and oxygen atoms in total. The van der Waals surface area contributed by atoms with Gasteiger partial charge in [0.2, 0.25) is 0 Å². The number of carbonyl (C=O) groups excluding carboxylic acids is 1. The van der Waals surface area contributed by atoms with E-state index in [1.54, 1.807) is 7.05 Å². The van der Waals surface area contributed by atoms with E-state index in [1.807, 2.05) is 46.9 Å². The van der Waals surface area contributed by atoms with Crippen LogP contribution in [0.25, 0.3) is 0 Å². The lowest BCUT2D eigenvalue weighted by Gasteiger charge is -2.29. The van der Waals surface area contributed by atoms with Gasteiger partial charge in [-0.15, -0.1) is 0 Å². The Hall–Kier alpha value is -2.51. The van der Waals surface area contributed by atoms with E-state index in [0.717, 1.165) is 24.5 Å². The Morgan fingerprint density at radius 2 is 1.87 bits per heavy atom. The highest BCUT2D eigenvalue weighted by atomic mass is 16.6. The standard InChI is InChI=1S/C22H38N6O2/c1-21(2,3)30-20(29)27-22(4,5)16-26-19(23-6)25-15-17-10-11-24-18(14-17)28-12-8-7-9-13-28/h10-11,14H,7-9,12-13,15-16H2,1-6H3,(H,27,29)(H2,23,25,26). The number of ether oxygens (including phenoxy) is 1. The van der Waals surface area contributed by atoms with Crippen molar-refractivity contribution in [2.75, 3.05) is 31.6 Å². The summed E-state index contributed by atoms with van der Waals surface area (Å²) in [6.45, 7) is 12.7. The van der Waals surface area contributed by atoms with Crippen molar-refractivity contribution in [1.82, 2.24) is 20.9 Å². The van der Waals surface area contributed by atoms with Crippen LogP contribution in [0.5, 0.6) is 0 Å². The van der Waals surface area contributed by atoms with Crippen LogP contribution in [0.15, 0.2) is 23.3 Å². The maximum Gasteiger partial charge on any atom is 0.408 e. The zero-order chi connectivity index (χ0) is 22.2. The molecule has 0 bridgehead atoms. The molecule has 3 N–H and O–H groups in total. The summed E-state index contributed by atoms with van der Waals surface area (Å²) < 4.78 is 5.34. The topological polar surface area (TPSA) is 90.9 Å². The molecule has 0 aromatic carbocycles. The molecule has 1 aliphatic heterocycles. The summed E-state index contributed by atoms with van der Waals surface area (Å²) in [6, 6.07) is 4.15. The number of hydrogen-bond donors (Lipinski definition) is 3. The van der Waals surface area contributed by atoms with E-state index in [2.05, 4.69) is 36.9 Å². The second-order valence-corrected chi connectivity index (χ2v) is 9.36. The molecule has 1 aromatic rings. The zero-order valence-electron chi connectivity index (χ0n) is 19.3. The highest BCUT2D eigenvalue weighted by Gasteiger charge is 2.24. The molecule has 0 spiro atoms. The second kappa shape index (κ2) is 10.5. The van der Waals surface area contributed by atoms with Crippen molar-refractivity contribution >= 4 is 17.9 Å². The van der Waals surface area contributed by atoms with Crippen molar-refractivity contribution in [1.29, 1.82) is 0 Å². The summed E-state index contributed by atoms with van der Waals surface area (Å²) in [7, 11) is 1.73. The lowest BCUT2D eigenvalue weighted by Crippen LogP contribution is -2.54. The van der Waals surface area contributed by atoms with Gasteiger partial charge >= 0.3 is 6.09 Å². The number of alkyl carbamates (subject to hydrolysis) is 1. The molecule has 0 radical (unpaired) electrons. The summed E-state index contributed by atoms with van der Waals surface area (Å²) in [5.74, 6) is 1.71. The number of amides is 1. The highest BCUT2D eigenvalue weighted by molar-refractivity contribution is 5.79. The fourth-order valence-electron chi connectivity index (χ4n) is 3.20. The highest BCUT2D eigenvalue weighted by Crippen LogP contribution is 2.18. The summed E-state index contributed by atoms with van der Waals surface area (Å²) >= 11 is 0. The predicted molar refractivity (Wildman–Crippen MR) is 122 cm³/mol. The van der Waals surface area contributed by atoms with Crippen LogP contribution < -0.4 is 20.9 Å². The van der Waals surface area contributed by atoms with Gasteiger partial charge in [0.05, 0.1) is 5.54 Å². The lowest BCUT2D eigenvalue weighted by atomic mass is 10.1. The molecular formula is C22H38N6O2. The molecule has 1 fully saturated rings. The van der Waals surface area contributed by atoms with E-state index in [1.165, 1.54) is 19.3 Å². The Kier molecular flexibility index (Phi) is 8.32. The normalized spacial score (nSPS) is 15.5. The molecule has 30 heavy (non-hydrogen) atoms. The summed E-state index contributed by atoms with van der Waals surface area (Å²) in [5, 5.41) is 9.49. The van der Waals surface area contributed by atoms with Crippen LogP contribution in [0.2, 0.25) is 0 Å². The SMILES string of the molecule is CN=C(NCc1ccnc(N2CCCCC2)c1)NCC(C)(C)NC(=O)OC(C)(C)C. The van der Waals surface area contributed by atoms with Gasteiger partial charge in [-0.1, -0.05) is 0 Å². The monoisotopic (exact) mass is 418 g/mol. The summed E-state index contributed by atoms with van der Waals surface area (Å²) in [6.07, 6.45) is 5.20. The van der Waals surface area contributed by atoms with Crippen LogP contribution in [-0.2, 0) is 11.3 Å². The number of nitrogens with zero attached hydrogens (tertiary/aromatic N) is 3. The van der Waals surface area contributed by atoms with E-state index >= 15 is 0 Å². The summed E-state index contributed by atoms with van der Waals surface area (Å²) in [5.41, 5.74) is 0.126. The van der Waals surface area contributed by atoms with Crippen LogP contribution in [0.1, 0.15) is 59.4 Å². The van der Waals surface area contributed by atoms with E-state index in [4.69, 9.17) is 4.74 Å². The maximum atomic E-state index is 12.0. The number of piperidine rings is 1. The molecule has 0 saturated carbocycles. The van der Waals surface area contributed by atoms with E-state index < -0.39 is 17.2 Å². The largest absolute Gasteiger partial charge is 0.444 e. The van der Waals surface area contributed by atoms with Gasteiger partial charge in [0.1, 0.15) is 11.4 Å². The van der Waals surface area contributed by atoms with Gasteiger partial charge in [-0.3, -0.25) is 4.99 Å². The molecule has 1 saturated heterocycles. The van der Waals surface area contributed by atoms with Gasteiger partial charge in [0.15, 0.2) is 5.96 Å². The smallest absolute Gasteiger partial charge is 0.408 e. The van der Waals surface area contributed by atoms with Crippen LogP contribution in [0, 0.1) is 0 Å². The number of guanidine groups is 1. The quantitative estimate of drug-likeness (QED) is 0.486. The Balaban J connectivity index is 1.84. The van der Waals surface area contributed by atoms with Crippen molar-refractivity contribution in [3.05, 3.63) is 23.9 Å². The molecule has 2 rings (SSSR count). The van der Waals surface area contributed by atoms with E-state index in [0.29, 0.717) is 19.0 Å². The minimum absolute atomic E-state index is 0.431. The molecule has 0 atom stereocenters. The first-order valence-corrected chi connectivity index (χ1v) is 10.7. The Morgan fingerprint density at radius 3 is 2.50 bits per heavy atom. The lowest BCUT2D eigenvalue weighted by molar-refractivity contribution is 0.0474. The molecule has 168 valence electrons. The number of carbonyl (C=O) groups is 1. The number of aromatic nitrogens is 1. The minimum Gasteiger partial charge on any atom is -0.444 e. The number of aliphatic imine (C=N–C) groups is 1. The number of rotatable bonds is 6. The van der Waals surface area contributed by atoms with Crippen molar-refractivity contribution in [2.45, 2.75) is 71.6 Å². The van der Waals surface area contributed by atoms with Crippen molar-refractivity contribution in [3.63, 3.8) is 0 Å². The first-order chi connectivity index (χ1) is 14.1. The third kappa shape index (κ3) is 8.47.